The fourth-order valence-corrected chi connectivity index (χ4v) is 4.00. The highest BCUT2D eigenvalue weighted by atomic mass is 16.2. The van der Waals surface area contributed by atoms with Crippen LogP contribution in [-0.2, 0) is 11.2 Å². The normalized spacial score (nSPS) is 19.5. The van der Waals surface area contributed by atoms with Gasteiger partial charge in [-0.3, -0.25) is 4.79 Å². The Morgan fingerprint density at radius 2 is 2.04 bits per heavy atom. The van der Waals surface area contributed by atoms with E-state index in [0.717, 1.165) is 49.6 Å². The van der Waals surface area contributed by atoms with E-state index < -0.39 is 0 Å². The number of hydrogen-bond acceptors (Lipinski definition) is 2. The van der Waals surface area contributed by atoms with Crippen LogP contribution in [0, 0.1) is 13.8 Å². The minimum atomic E-state index is -0.146. The van der Waals surface area contributed by atoms with Crippen molar-refractivity contribution >= 4 is 5.91 Å². The molecule has 2 unspecified atom stereocenters. The number of rotatable bonds is 4. The van der Waals surface area contributed by atoms with Crippen molar-refractivity contribution in [3.63, 3.8) is 0 Å². The minimum absolute atomic E-state index is 0.146. The third-order valence-electron chi connectivity index (χ3n) is 5.24. The molecule has 2 aromatic rings. The average Bonchev–Trinajstić information content (AvgIpc) is 3.20. The number of aryl methyl sites for hydroxylation is 3. The Balaban J connectivity index is 1.76. The fraction of sp³-hybridized carbons (Fsp3) is 0.579. The van der Waals surface area contributed by atoms with Crippen molar-refractivity contribution in [1.29, 1.82) is 0 Å². The van der Waals surface area contributed by atoms with Gasteiger partial charge in [-0.1, -0.05) is 6.92 Å². The fourth-order valence-electron chi connectivity index (χ4n) is 4.00. The molecule has 1 fully saturated rings. The SMILES string of the molecule is CCc1nccn1C1CCCN(C(=O)C(C)n2c(C)ccc2C)C1. The Morgan fingerprint density at radius 3 is 2.71 bits per heavy atom. The summed E-state index contributed by atoms with van der Waals surface area (Å²) >= 11 is 0. The zero-order valence-corrected chi connectivity index (χ0v) is 15.2. The molecule has 1 amide bonds. The van der Waals surface area contributed by atoms with E-state index in [1.165, 1.54) is 0 Å². The molecule has 24 heavy (non-hydrogen) atoms. The third-order valence-corrected chi connectivity index (χ3v) is 5.24. The van der Waals surface area contributed by atoms with Crippen LogP contribution in [0.25, 0.3) is 0 Å². The van der Waals surface area contributed by atoms with Gasteiger partial charge < -0.3 is 14.0 Å². The van der Waals surface area contributed by atoms with Gasteiger partial charge in [0.15, 0.2) is 0 Å². The summed E-state index contributed by atoms with van der Waals surface area (Å²) < 4.78 is 4.40. The van der Waals surface area contributed by atoms with E-state index in [-0.39, 0.29) is 11.9 Å². The Morgan fingerprint density at radius 1 is 1.33 bits per heavy atom. The second-order valence-electron chi connectivity index (χ2n) is 6.85. The van der Waals surface area contributed by atoms with Gasteiger partial charge in [-0.05, 0) is 45.7 Å². The lowest BCUT2D eigenvalue weighted by molar-refractivity contribution is -0.136. The number of imidazole rings is 1. The second kappa shape index (κ2) is 6.83. The van der Waals surface area contributed by atoms with Crippen molar-refractivity contribution in [2.45, 2.75) is 59.0 Å². The number of hydrogen-bond donors (Lipinski definition) is 0. The lowest BCUT2D eigenvalue weighted by Crippen LogP contribution is -2.44. The van der Waals surface area contributed by atoms with Gasteiger partial charge in [-0.25, -0.2) is 4.98 Å². The second-order valence-corrected chi connectivity index (χ2v) is 6.85. The minimum Gasteiger partial charge on any atom is -0.339 e. The van der Waals surface area contributed by atoms with Gasteiger partial charge in [0.2, 0.25) is 5.91 Å². The molecular formula is C19H28N4O. The van der Waals surface area contributed by atoms with Crippen LogP contribution in [0.5, 0.6) is 0 Å². The highest BCUT2D eigenvalue weighted by molar-refractivity contribution is 5.80. The number of likely N-dealkylation sites (tertiary alicyclic amines) is 1. The first kappa shape index (κ1) is 16.8. The van der Waals surface area contributed by atoms with Gasteiger partial charge in [-0.15, -0.1) is 0 Å². The van der Waals surface area contributed by atoms with Crippen LogP contribution < -0.4 is 0 Å². The first-order valence-electron chi connectivity index (χ1n) is 8.97. The van der Waals surface area contributed by atoms with Crippen LogP contribution in [0.1, 0.15) is 56.0 Å². The summed E-state index contributed by atoms with van der Waals surface area (Å²) in [6, 6.07) is 4.36. The topological polar surface area (TPSA) is 43.1 Å². The Bertz CT molecular complexity index is 695. The Hall–Kier alpha value is -2.04. The number of nitrogens with zero attached hydrogens (tertiary/aromatic N) is 4. The molecule has 130 valence electrons. The van der Waals surface area contributed by atoms with Crippen LogP contribution in [-0.4, -0.2) is 38.0 Å². The smallest absolute Gasteiger partial charge is 0.245 e. The molecule has 0 radical (unpaired) electrons. The summed E-state index contributed by atoms with van der Waals surface area (Å²) in [5.74, 6) is 1.33. The highest BCUT2D eigenvalue weighted by Crippen LogP contribution is 2.26. The molecule has 0 aromatic carbocycles. The molecule has 1 saturated heterocycles. The molecule has 2 atom stereocenters. The van der Waals surface area contributed by atoms with Gasteiger partial charge in [0.05, 0.1) is 6.04 Å². The zero-order chi connectivity index (χ0) is 17.3. The third kappa shape index (κ3) is 2.99. The van der Waals surface area contributed by atoms with Crippen LogP contribution in [0.3, 0.4) is 0 Å². The maximum atomic E-state index is 13.1. The molecule has 3 rings (SSSR count). The van der Waals surface area contributed by atoms with Crippen molar-refractivity contribution < 1.29 is 4.79 Å². The molecule has 0 bridgehead atoms. The van der Waals surface area contributed by atoms with E-state index in [1.807, 2.05) is 18.0 Å². The molecule has 5 nitrogen and oxygen atoms in total. The van der Waals surface area contributed by atoms with E-state index in [0.29, 0.717) is 6.04 Å². The standard InChI is InChI=1S/C19H28N4O/c1-5-18-20-10-12-22(18)17-7-6-11-21(13-17)19(24)16(4)23-14(2)8-9-15(23)3/h8-10,12,16-17H,5-7,11,13H2,1-4H3. The number of carbonyl (C=O) groups is 1. The lowest BCUT2D eigenvalue weighted by Gasteiger charge is -2.36. The van der Waals surface area contributed by atoms with Crippen LogP contribution >= 0.6 is 0 Å². The number of aromatic nitrogens is 3. The van der Waals surface area contributed by atoms with Crippen LogP contribution in [0.4, 0.5) is 0 Å². The van der Waals surface area contributed by atoms with Crippen LogP contribution in [0.2, 0.25) is 0 Å². The quantitative estimate of drug-likeness (QED) is 0.864. The molecule has 0 spiro atoms. The maximum Gasteiger partial charge on any atom is 0.245 e. The van der Waals surface area contributed by atoms with Gasteiger partial charge in [0.1, 0.15) is 11.9 Å². The zero-order valence-electron chi connectivity index (χ0n) is 15.2. The predicted octanol–water partition coefficient (Wildman–Crippen LogP) is 3.29. The number of carbonyl (C=O) groups excluding carboxylic acids is 1. The summed E-state index contributed by atoms with van der Waals surface area (Å²) in [6.07, 6.45) is 7.02. The van der Waals surface area contributed by atoms with Crippen molar-refractivity contribution in [1.82, 2.24) is 19.0 Å². The lowest BCUT2D eigenvalue weighted by atomic mass is 10.0. The molecule has 0 N–H and O–H groups in total. The van der Waals surface area contributed by atoms with Gasteiger partial charge in [0.25, 0.3) is 0 Å². The summed E-state index contributed by atoms with van der Waals surface area (Å²) in [4.78, 5) is 19.5. The van der Waals surface area contributed by atoms with Crippen molar-refractivity contribution in [2.75, 3.05) is 13.1 Å². The van der Waals surface area contributed by atoms with Gasteiger partial charge in [0, 0.05) is 43.3 Å². The van der Waals surface area contributed by atoms with Gasteiger partial charge >= 0.3 is 0 Å². The van der Waals surface area contributed by atoms with E-state index >= 15 is 0 Å². The van der Waals surface area contributed by atoms with Crippen LogP contribution in [0.15, 0.2) is 24.5 Å². The molecule has 0 aliphatic carbocycles. The summed E-state index contributed by atoms with van der Waals surface area (Å²) in [6.45, 7) is 9.91. The molecule has 1 aliphatic rings. The monoisotopic (exact) mass is 328 g/mol. The molecule has 3 heterocycles. The average molecular weight is 328 g/mol. The van der Waals surface area contributed by atoms with E-state index in [4.69, 9.17) is 0 Å². The highest BCUT2D eigenvalue weighted by Gasteiger charge is 2.29. The Kier molecular flexibility index (Phi) is 4.78. The molecular weight excluding hydrogens is 300 g/mol. The van der Waals surface area contributed by atoms with E-state index in [1.54, 1.807) is 0 Å². The van der Waals surface area contributed by atoms with E-state index in [2.05, 4.69) is 53.2 Å². The molecule has 0 saturated carbocycles. The first-order valence-corrected chi connectivity index (χ1v) is 8.97. The Labute approximate surface area is 144 Å². The predicted molar refractivity (Wildman–Crippen MR) is 95.1 cm³/mol. The summed E-state index contributed by atoms with van der Waals surface area (Å²) in [7, 11) is 0. The molecule has 5 heteroatoms. The first-order chi connectivity index (χ1) is 11.5. The number of piperidine rings is 1. The van der Waals surface area contributed by atoms with Crippen molar-refractivity contribution in [2.24, 2.45) is 0 Å². The largest absolute Gasteiger partial charge is 0.339 e. The molecule has 2 aromatic heterocycles. The number of amides is 1. The summed E-state index contributed by atoms with van der Waals surface area (Å²) in [5.41, 5.74) is 2.29. The summed E-state index contributed by atoms with van der Waals surface area (Å²) in [5, 5.41) is 0. The van der Waals surface area contributed by atoms with Crippen molar-refractivity contribution in [3.05, 3.63) is 41.7 Å². The maximum absolute atomic E-state index is 13.1. The van der Waals surface area contributed by atoms with Crippen molar-refractivity contribution in [3.8, 4) is 0 Å². The molecule has 1 aliphatic heterocycles. The van der Waals surface area contributed by atoms with Gasteiger partial charge in [-0.2, -0.15) is 0 Å². The van der Waals surface area contributed by atoms with E-state index in [9.17, 15) is 4.79 Å².